The molecule has 2 rings (SSSR count). The Morgan fingerprint density at radius 2 is 1.79 bits per heavy atom. The maximum Gasteiger partial charge on any atom is 0.311 e. The fraction of sp³-hybridized carbons (Fsp3) is 0.176. The first-order valence-corrected chi connectivity index (χ1v) is 7.05. The number of ether oxygens (including phenoxy) is 1. The first-order chi connectivity index (χ1) is 11.4. The summed E-state index contributed by atoms with van der Waals surface area (Å²) in [6, 6.07) is 8.33. The van der Waals surface area contributed by atoms with Crippen LogP contribution in [0.15, 0.2) is 42.5 Å². The highest BCUT2D eigenvalue weighted by Gasteiger charge is 2.20. The van der Waals surface area contributed by atoms with Gasteiger partial charge in [0.15, 0.2) is 6.10 Å². The molecule has 1 amide bonds. The van der Waals surface area contributed by atoms with Crippen molar-refractivity contribution in [3.05, 3.63) is 65.5 Å². The molecule has 0 heterocycles. The highest BCUT2D eigenvalue weighted by Crippen LogP contribution is 2.15. The van der Waals surface area contributed by atoms with Crippen LogP contribution in [0.5, 0.6) is 0 Å². The number of nitrogens with one attached hydrogen (secondary N) is 1. The van der Waals surface area contributed by atoms with Crippen LogP contribution in [0, 0.1) is 17.5 Å². The van der Waals surface area contributed by atoms with Crippen molar-refractivity contribution in [3.63, 3.8) is 0 Å². The van der Waals surface area contributed by atoms with Gasteiger partial charge in [-0.25, -0.2) is 13.2 Å². The topological polar surface area (TPSA) is 55.4 Å². The average molecular weight is 337 g/mol. The molecule has 7 heteroatoms. The fourth-order valence-corrected chi connectivity index (χ4v) is 1.91. The van der Waals surface area contributed by atoms with Crippen LogP contribution in [-0.4, -0.2) is 18.0 Å². The van der Waals surface area contributed by atoms with Crippen molar-refractivity contribution in [3.8, 4) is 0 Å². The summed E-state index contributed by atoms with van der Waals surface area (Å²) < 4.78 is 44.6. The summed E-state index contributed by atoms with van der Waals surface area (Å²) in [5.41, 5.74) is -0.0990. The molecular weight excluding hydrogens is 323 g/mol. The predicted octanol–water partition coefficient (Wildman–Crippen LogP) is 3.22. The van der Waals surface area contributed by atoms with Crippen LogP contribution in [0.1, 0.15) is 12.5 Å². The van der Waals surface area contributed by atoms with E-state index >= 15 is 0 Å². The molecule has 0 bridgehead atoms. The second-order valence-corrected chi connectivity index (χ2v) is 5.01. The molecule has 2 aromatic rings. The molecule has 126 valence electrons. The number of carbonyl (C=O) groups excluding carboxylic acids is 2. The first-order valence-electron chi connectivity index (χ1n) is 7.05. The Bertz CT molecular complexity index is 764. The van der Waals surface area contributed by atoms with E-state index in [9.17, 15) is 22.8 Å². The second kappa shape index (κ2) is 7.63. The van der Waals surface area contributed by atoms with Crippen molar-refractivity contribution >= 4 is 17.6 Å². The molecule has 4 nitrogen and oxygen atoms in total. The number of amides is 1. The van der Waals surface area contributed by atoms with E-state index in [1.54, 1.807) is 6.07 Å². The predicted molar refractivity (Wildman–Crippen MR) is 80.6 cm³/mol. The number of rotatable bonds is 5. The summed E-state index contributed by atoms with van der Waals surface area (Å²) >= 11 is 0. The summed E-state index contributed by atoms with van der Waals surface area (Å²) in [6.07, 6.45) is -1.57. The molecule has 0 saturated carbocycles. The fourth-order valence-electron chi connectivity index (χ4n) is 1.91. The van der Waals surface area contributed by atoms with Gasteiger partial charge in [0.25, 0.3) is 5.91 Å². The summed E-state index contributed by atoms with van der Waals surface area (Å²) in [5, 5.41) is 2.19. The van der Waals surface area contributed by atoms with Gasteiger partial charge in [-0.2, -0.15) is 0 Å². The van der Waals surface area contributed by atoms with Crippen molar-refractivity contribution in [2.45, 2.75) is 19.4 Å². The number of esters is 1. The van der Waals surface area contributed by atoms with Gasteiger partial charge in [-0.05, 0) is 30.7 Å². The van der Waals surface area contributed by atoms with E-state index in [1.807, 2.05) is 0 Å². The number of benzene rings is 2. The third kappa shape index (κ3) is 4.58. The monoisotopic (exact) mass is 337 g/mol. The molecule has 0 aliphatic heterocycles. The van der Waals surface area contributed by atoms with Crippen LogP contribution in [0.2, 0.25) is 0 Å². The van der Waals surface area contributed by atoms with Crippen molar-refractivity contribution in [1.29, 1.82) is 0 Å². The second-order valence-electron chi connectivity index (χ2n) is 5.01. The van der Waals surface area contributed by atoms with E-state index in [4.69, 9.17) is 4.74 Å². The van der Waals surface area contributed by atoms with Crippen LogP contribution in [-0.2, 0) is 20.7 Å². The van der Waals surface area contributed by atoms with Gasteiger partial charge in [0.2, 0.25) is 0 Å². The Labute approximate surface area is 136 Å². The lowest BCUT2D eigenvalue weighted by Crippen LogP contribution is -2.30. The first kappa shape index (κ1) is 17.5. The van der Waals surface area contributed by atoms with Gasteiger partial charge < -0.3 is 10.1 Å². The average Bonchev–Trinajstić information content (AvgIpc) is 2.52. The van der Waals surface area contributed by atoms with E-state index in [0.29, 0.717) is 6.07 Å². The maximum atomic E-state index is 13.5. The molecule has 0 aliphatic rings. The zero-order valence-electron chi connectivity index (χ0n) is 12.7. The van der Waals surface area contributed by atoms with Crippen LogP contribution in [0.25, 0.3) is 0 Å². The molecule has 0 spiro atoms. The summed E-state index contributed by atoms with van der Waals surface area (Å²) in [7, 11) is 0. The number of anilines is 1. The Morgan fingerprint density at radius 1 is 1.08 bits per heavy atom. The van der Waals surface area contributed by atoms with Gasteiger partial charge in [0, 0.05) is 6.07 Å². The van der Waals surface area contributed by atoms with Gasteiger partial charge in [0.1, 0.15) is 17.5 Å². The molecule has 0 fully saturated rings. The lowest BCUT2D eigenvalue weighted by molar-refractivity contribution is -0.152. The Hall–Kier alpha value is -2.83. The van der Waals surface area contributed by atoms with E-state index in [1.165, 1.54) is 25.1 Å². The van der Waals surface area contributed by atoms with Gasteiger partial charge in [-0.1, -0.05) is 18.2 Å². The lowest BCUT2D eigenvalue weighted by Gasteiger charge is -2.14. The lowest BCUT2D eigenvalue weighted by atomic mass is 10.1. The summed E-state index contributed by atoms with van der Waals surface area (Å²) in [4.78, 5) is 23.6. The molecule has 0 unspecified atom stereocenters. The minimum atomic E-state index is -1.23. The minimum Gasteiger partial charge on any atom is -0.452 e. The zero-order chi connectivity index (χ0) is 17.7. The summed E-state index contributed by atoms with van der Waals surface area (Å²) in [6.45, 7) is 1.29. The standard InChI is InChI=1S/C17H14F3NO3/c1-10(17(23)21-15-7-6-12(18)9-14(15)20)24-16(22)8-11-4-2-3-5-13(11)19/h2-7,9-10H,8H2,1H3,(H,21,23)/t10-/m1/s1. The third-order valence-corrected chi connectivity index (χ3v) is 3.16. The van der Waals surface area contributed by atoms with Gasteiger partial charge >= 0.3 is 5.97 Å². The minimum absolute atomic E-state index is 0.139. The van der Waals surface area contributed by atoms with Crippen LogP contribution >= 0.6 is 0 Å². The molecule has 24 heavy (non-hydrogen) atoms. The van der Waals surface area contributed by atoms with Crippen molar-refractivity contribution in [2.24, 2.45) is 0 Å². The Morgan fingerprint density at radius 3 is 2.46 bits per heavy atom. The number of carbonyl (C=O) groups is 2. The molecule has 0 radical (unpaired) electrons. The van der Waals surface area contributed by atoms with E-state index in [0.717, 1.165) is 12.1 Å². The van der Waals surface area contributed by atoms with Crippen LogP contribution in [0.3, 0.4) is 0 Å². The van der Waals surface area contributed by atoms with Crippen molar-refractivity contribution < 1.29 is 27.5 Å². The molecule has 2 aromatic carbocycles. The van der Waals surface area contributed by atoms with E-state index in [2.05, 4.69) is 5.32 Å². The number of hydrogen-bond donors (Lipinski definition) is 1. The SMILES string of the molecule is C[C@@H](OC(=O)Cc1ccccc1F)C(=O)Nc1ccc(F)cc1F. The number of hydrogen-bond acceptors (Lipinski definition) is 3. The normalized spacial score (nSPS) is 11.7. The van der Waals surface area contributed by atoms with Gasteiger partial charge in [-0.15, -0.1) is 0 Å². The van der Waals surface area contributed by atoms with Crippen LogP contribution < -0.4 is 5.32 Å². The third-order valence-electron chi connectivity index (χ3n) is 3.16. The Balaban J connectivity index is 1.93. The molecule has 0 aliphatic carbocycles. The summed E-state index contributed by atoms with van der Waals surface area (Å²) in [5.74, 6) is -3.88. The highest BCUT2D eigenvalue weighted by molar-refractivity contribution is 5.95. The van der Waals surface area contributed by atoms with Crippen molar-refractivity contribution in [1.82, 2.24) is 0 Å². The molecular formula is C17H14F3NO3. The zero-order valence-corrected chi connectivity index (χ0v) is 12.7. The van der Waals surface area contributed by atoms with Gasteiger partial charge in [-0.3, -0.25) is 9.59 Å². The molecule has 0 aromatic heterocycles. The quantitative estimate of drug-likeness (QED) is 0.853. The highest BCUT2D eigenvalue weighted by atomic mass is 19.1. The van der Waals surface area contributed by atoms with E-state index in [-0.39, 0.29) is 17.7 Å². The molecule has 1 atom stereocenters. The van der Waals surface area contributed by atoms with Crippen LogP contribution in [0.4, 0.5) is 18.9 Å². The van der Waals surface area contributed by atoms with Gasteiger partial charge in [0.05, 0.1) is 12.1 Å². The molecule has 0 saturated heterocycles. The Kier molecular flexibility index (Phi) is 5.57. The molecule has 1 N–H and O–H groups in total. The maximum absolute atomic E-state index is 13.5. The largest absolute Gasteiger partial charge is 0.452 e. The van der Waals surface area contributed by atoms with Crippen molar-refractivity contribution in [2.75, 3.05) is 5.32 Å². The van der Waals surface area contributed by atoms with E-state index < -0.39 is 35.4 Å². The number of halogens is 3. The smallest absolute Gasteiger partial charge is 0.311 e.